The molecule has 0 unspecified atom stereocenters. The molecule has 0 atom stereocenters. The van der Waals surface area contributed by atoms with Crippen LogP contribution in [0.3, 0.4) is 0 Å². The predicted octanol–water partition coefficient (Wildman–Crippen LogP) is 1.14. The summed E-state index contributed by atoms with van der Waals surface area (Å²) in [6.45, 7) is 0. The Labute approximate surface area is 135 Å². The van der Waals surface area contributed by atoms with Crippen molar-refractivity contribution in [1.29, 1.82) is 0 Å². The molecule has 0 amide bonds. The summed E-state index contributed by atoms with van der Waals surface area (Å²) < 4.78 is 31.0. The van der Waals surface area contributed by atoms with Gasteiger partial charge in [0.25, 0.3) is 10.1 Å². The molecule has 0 aliphatic rings. The van der Waals surface area contributed by atoms with Crippen LogP contribution in [0.4, 0.5) is 0 Å². The molecule has 2 aromatic rings. The van der Waals surface area contributed by atoms with Crippen molar-refractivity contribution in [3.05, 3.63) is 36.4 Å². The first-order valence-corrected chi connectivity index (χ1v) is 5.62. The van der Waals surface area contributed by atoms with Gasteiger partial charge >= 0.3 is 51.4 Å². The van der Waals surface area contributed by atoms with Crippen molar-refractivity contribution in [3.8, 4) is 5.75 Å². The Morgan fingerprint density at radius 2 is 1.75 bits per heavy atom. The summed E-state index contributed by atoms with van der Waals surface area (Å²) in [6, 6.07) is 8.86. The molecule has 0 aliphatic heterocycles. The van der Waals surface area contributed by atoms with Crippen LogP contribution in [0.25, 0.3) is 10.8 Å². The van der Waals surface area contributed by atoms with E-state index >= 15 is 0 Å². The van der Waals surface area contributed by atoms with E-state index in [9.17, 15) is 13.5 Å². The Morgan fingerprint density at radius 1 is 1.06 bits per heavy atom. The van der Waals surface area contributed by atoms with E-state index in [1.54, 1.807) is 12.1 Å². The SMILES string of the molecule is O=S(=O)(O)c1cccc2ccc(O)cc12.[KH]. The molecular weight excluding hydrogens is 255 g/mol. The molecule has 0 radical (unpaired) electrons. The van der Waals surface area contributed by atoms with Crippen LogP contribution in [0.2, 0.25) is 0 Å². The first-order valence-electron chi connectivity index (χ1n) is 4.18. The molecule has 2 rings (SSSR count). The quantitative estimate of drug-likeness (QED) is 0.598. The Bertz CT molecular complexity index is 622. The molecule has 0 aromatic heterocycles. The van der Waals surface area contributed by atoms with Crippen molar-refractivity contribution in [3.63, 3.8) is 0 Å². The van der Waals surface area contributed by atoms with Crippen LogP contribution in [-0.2, 0) is 10.1 Å². The Kier molecular flexibility index (Phi) is 4.53. The van der Waals surface area contributed by atoms with Crippen LogP contribution in [0.1, 0.15) is 0 Å². The molecule has 16 heavy (non-hydrogen) atoms. The summed E-state index contributed by atoms with van der Waals surface area (Å²) in [5, 5.41) is 10.2. The van der Waals surface area contributed by atoms with Crippen LogP contribution in [0.5, 0.6) is 5.75 Å². The molecule has 0 fully saturated rings. The Hall–Kier alpha value is 0.0464. The Morgan fingerprint density at radius 3 is 2.38 bits per heavy atom. The van der Waals surface area contributed by atoms with E-state index in [0.717, 1.165) is 0 Å². The summed E-state index contributed by atoms with van der Waals surface area (Å²) >= 11 is 0. The molecule has 6 heteroatoms. The fourth-order valence-corrected chi connectivity index (χ4v) is 2.16. The third-order valence-corrected chi connectivity index (χ3v) is 3.02. The number of aromatic hydroxyl groups is 1. The number of rotatable bonds is 1. The van der Waals surface area contributed by atoms with Crippen molar-refractivity contribution in [2.45, 2.75) is 4.90 Å². The van der Waals surface area contributed by atoms with Crippen molar-refractivity contribution < 1.29 is 18.1 Å². The molecule has 0 bridgehead atoms. The molecule has 0 aliphatic carbocycles. The third kappa shape index (κ3) is 2.83. The summed E-state index contributed by atoms with van der Waals surface area (Å²) in [6.07, 6.45) is 0. The number of phenolic OH excluding ortho intramolecular Hbond substituents is 1. The molecular formula is C10H9KO4S. The second-order valence-corrected chi connectivity index (χ2v) is 4.53. The summed E-state index contributed by atoms with van der Waals surface area (Å²) in [5.74, 6) is -0.0430. The standard InChI is InChI=1S/C10H8O4S.K.H/c11-8-5-4-7-2-1-3-10(9(7)6-8)15(12,13)14;;/h1-6,11H,(H,12,13,14);;. The second-order valence-electron chi connectivity index (χ2n) is 3.14. The van der Waals surface area contributed by atoms with Crippen LogP contribution >= 0.6 is 0 Å². The molecule has 4 nitrogen and oxygen atoms in total. The zero-order valence-corrected chi connectivity index (χ0v) is 8.40. The van der Waals surface area contributed by atoms with E-state index in [-0.39, 0.29) is 62.0 Å². The number of fused-ring (bicyclic) bond motifs is 1. The summed E-state index contributed by atoms with van der Waals surface area (Å²) in [7, 11) is -4.26. The van der Waals surface area contributed by atoms with E-state index in [4.69, 9.17) is 4.55 Å². The van der Waals surface area contributed by atoms with Gasteiger partial charge in [-0.3, -0.25) is 4.55 Å². The van der Waals surface area contributed by atoms with Crippen molar-refractivity contribution >= 4 is 72.3 Å². The molecule has 0 saturated carbocycles. The Balaban J connectivity index is 0.00000128. The molecule has 0 spiro atoms. The topological polar surface area (TPSA) is 74.6 Å². The van der Waals surface area contributed by atoms with Crippen LogP contribution in [0.15, 0.2) is 41.3 Å². The van der Waals surface area contributed by atoms with E-state index in [0.29, 0.717) is 10.8 Å². The summed E-state index contributed by atoms with van der Waals surface area (Å²) in [4.78, 5) is -0.198. The monoisotopic (exact) mass is 264 g/mol. The van der Waals surface area contributed by atoms with Crippen LogP contribution < -0.4 is 0 Å². The van der Waals surface area contributed by atoms with Gasteiger partial charge in [0.2, 0.25) is 0 Å². The predicted molar refractivity (Wildman–Crippen MR) is 62.6 cm³/mol. The van der Waals surface area contributed by atoms with Crippen molar-refractivity contribution in [2.24, 2.45) is 0 Å². The van der Waals surface area contributed by atoms with Crippen molar-refractivity contribution in [1.82, 2.24) is 0 Å². The van der Waals surface area contributed by atoms with E-state index in [2.05, 4.69) is 0 Å². The average molecular weight is 264 g/mol. The van der Waals surface area contributed by atoms with Gasteiger partial charge in [0.15, 0.2) is 0 Å². The van der Waals surface area contributed by atoms with Gasteiger partial charge in [-0.2, -0.15) is 8.42 Å². The number of hydrogen-bond acceptors (Lipinski definition) is 3. The minimum atomic E-state index is -4.26. The molecule has 2 N–H and O–H groups in total. The number of phenols is 1. The zero-order chi connectivity index (χ0) is 11.1. The first-order chi connectivity index (χ1) is 6.98. The maximum absolute atomic E-state index is 11.0. The van der Waals surface area contributed by atoms with Gasteiger partial charge < -0.3 is 5.11 Å². The number of benzene rings is 2. The third-order valence-electron chi connectivity index (χ3n) is 2.10. The maximum atomic E-state index is 11.0. The van der Waals surface area contributed by atoms with Gasteiger partial charge in [-0.25, -0.2) is 0 Å². The fraction of sp³-hybridized carbons (Fsp3) is 0. The van der Waals surface area contributed by atoms with Gasteiger partial charge in [0.1, 0.15) is 10.6 Å². The molecule has 80 valence electrons. The normalized spacial score (nSPS) is 11.1. The number of hydrogen-bond donors (Lipinski definition) is 2. The zero-order valence-electron chi connectivity index (χ0n) is 7.58. The first kappa shape index (κ1) is 14.1. The van der Waals surface area contributed by atoms with Crippen LogP contribution in [-0.4, -0.2) is 69.5 Å². The van der Waals surface area contributed by atoms with E-state index < -0.39 is 10.1 Å². The van der Waals surface area contributed by atoms with Gasteiger partial charge in [0, 0.05) is 5.39 Å². The van der Waals surface area contributed by atoms with E-state index in [1.165, 1.54) is 24.3 Å². The average Bonchev–Trinajstić information content (AvgIpc) is 2.15. The molecule has 0 saturated heterocycles. The summed E-state index contributed by atoms with van der Waals surface area (Å²) in [5.41, 5.74) is 0. The van der Waals surface area contributed by atoms with Gasteiger partial charge in [-0.15, -0.1) is 0 Å². The van der Waals surface area contributed by atoms with Gasteiger partial charge in [0.05, 0.1) is 0 Å². The van der Waals surface area contributed by atoms with Gasteiger partial charge in [-0.1, -0.05) is 18.2 Å². The second kappa shape index (κ2) is 5.13. The van der Waals surface area contributed by atoms with Crippen molar-refractivity contribution in [2.75, 3.05) is 0 Å². The van der Waals surface area contributed by atoms with Crippen LogP contribution in [0, 0.1) is 0 Å². The molecule has 0 heterocycles. The fourth-order valence-electron chi connectivity index (χ4n) is 1.46. The minimum absolute atomic E-state index is 0. The molecule has 2 aromatic carbocycles. The van der Waals surface area contributed by atoms with Gasteiger partial charge in [-0.05, 0) is 23.6 Å². The van der Waals surface area contributed by atoms with E-state index in [1.807, 2.05) is 0 Å².